The molecule has 0 unspecified atom stereocenters. The fourth-order valence-electron chi connectivity index (χ4n) is 2.19. The minimum Gasteiger partial charge on any atom is -0.488 e. The van der Waals surface area contributed by atoms with Crippen molar-refractivity contribution in [2.24, 2.45) is 5.73 Å². The fraction of sp³-hybridized carbons (Fsp3) is 0.286. The van der Waals surface area contributed by atoms with Gasteiger partial charge < -0.3 is 10.5 Å². The highest BCUT2D eigenvalue weighted by molar-refractivity contribution is 9.11. The van der Waals surface area contributed by atoms with Gasteiger partial charge in [-0.2, -0.15) is 0 Å². The highest BCUT2D eigenvalue weighted by Gasteiger charge is 2.28. The molecule has 1 aliphatic rings. The molecule has 0 atom stereocenters. The summed E-state index contributed by atoms with van der Waals surface area (Å²) in [6.07, 6.45) is 1.69. The van der Waals surface area contributed by atoms with Gasteiger partial charge in [-0.3, -0.25) is 14.7 Å². The van der Waals surface area contributed by atoms with Crippen molar-refractivity contribution < 1.29 is 9.53 Å². The predicted octanol–water partition coefficient (Wildman–Crippen LogP) is 2.27. The van der Waals surface area contributed by atoms with Gasteiger partial charge in [0.25, 0.3) is 5.91 Å². The van der Waals surface area contributed by atoms with E-state index in [0.29, 0.717) is 5.75 Å². The first-order valence-electron chi connectivity index (χ1n) is 6.49. The molecule has 0 bridgehead atoms. The van der Waals surface area contributed by atoms with Crippen LogP contribution in [0.15, 0.2) is 34.2 Å². The normalized spacial score (nSPS) is 15.7. The molecule has 0 aliphatic carbocycles. The Kier molecular flexibility index (Phi) is 4.23. The summed E-state index contributed by atoms with van der Waals surface area (Å²) >= 11 is 5.22. The Labute approximate surface area is 134 Å². The lowest BCUT2D eigenvalue weighted by Crippen LogP contribution is -2.52. The number of halogens is 1. The van der Waals surface area contributed by atoms with Gasteiger partial charge in [0, 0.05) is 36.8 Å². The summed E-state index contributed by atoms with van der Waals surface area (Å²) in [5.41, 5.74) is 5.43. The zero-order chi connectivity index (χ0) is 14.8. The molecule has 3 heterocycles. The second-order valence-electron chi connectivity index (χ2n) is 4.88. The van der Waals surface area contributed by atoms with Crippen LogP contribution in [0.1, 0.15) is 15.4 Å². The quantitative estimate of drug-likeness (QED) is 0.879. The molecule has 1 aliphatic heterocycles. The summed E-state index contributed by atoms with van der Waals surface area (Å²) < 4.78 is 6.97. The van der Waals surface area contributed by atoms with E-state index in [1.807, 2.05) is 0 Å². The van der Waals surface area contributed by atoms with E-state index in [-0.39, 0.29) is 11.8 Å². The number of aromatic nitrogens is 1. The van der Waals surface area contributed by atoms with Crippen LogP contribution in [-0.4, -0.2) is 35.0 Å². The molecule has 0 saturated carbocycles. The Morgan fingerprint density at radius 1 is 1.48 bits per heavy atom. The number of nitrogens with zero attached hydrogens (tertiary/aromatic N) is 2. The lowest BCUT2D eigenvalue weighted by Gasteiger charge is -2.38. The molecule has 1 amide bonds. The third kappa shape index (κ3) is 3.61. The van der Waals surface area contributed by atoms with Gasteiger partial charge in [-0.1, -0.05) is 0 Å². The van der Waals surface area contributed by atoms with Crippen LogP contribution in [0.5, 0.6) is 5.75 Å². The van der Waals surface area contributed by atoms with Crippen LogP contribution in [0.3, 0.4) is 0 Å². The zero-order valence-electron chi connectivity index (χ0n) is 11.2. The topological polar surface area (TPSA) is 68.5 Å². The van der Waals surface area contributed by atoms with Gasteiger partial charge >= 0.3 is 0 Å². The minimum absolute atomic E-state index is 0.150. The number of thiophene rings is 1. The molecule has 0 radical (unpaired) electrons. The van der Waals surface area contributed by atoms with E-state index in [0.717, 1.165) is 23.4 Å². The Hall–Kier alpha value is -1.44. The summed E-state index contributed by atoms with van der Waals surface area (Å²) in [6.45, 7) is 2.70. The maximum atomic E-state index is 11.1. The average Bonchev–Trinajstić information content (AvgIpc) is 2.82. The number of carbonyl (C=O) groups is 1. The molecule has 7 heteroatoms. The molecule has 1 saturated heterocycles. The third-order valence-electron chi connectivity index (χ3n) is 3.22. The number of nitrogens with two attached hydrogens (primary N) is 1. The fourth-order valence-corrected chi connectivity index (χ4v) is 3.72. The molecule has 0 aromatic carbocycles. The number of pyridine rings is 1. The molecule has 110 valence electrons. The molecule has 21 heavy (non-hydrogen) atoms. The maximum Gasteiger partial charge on any atom is 0.267 e. The molecule has 5 nitrogen and oxygen atoms in total. The van der Waals surface area contributed by atoms with Gasteiger partial charge in [0.1, 0.15) is 17.5 Å². The van der Waals surface area contributed by atoms with Crippen LogP contribution in [0.4, 0.5) is 0 Å². The first-order valence-corrected chi connectivity index (χ1v) is 8.10. The molecular weight excluding hydrogens is 354 g/mol. The van der Waals surface area contributed by atoms with Gasteiger partial charge in [-0.15, -0.1) is 11.3 Å². The van der Waals surface area contributed by atoms with Crippen molar-refractivity contribution in [3.05, 3.63) is 44.8 Å². The van der Waals surface area contributed by atoms with Crippen LogP contribution in [0.2, 0.25) is 0 Å². The van der Waals surface area contributed by atoms with E-state index in [4.69, 9.17) is 10.5 Å². The van der Waals surface area contributed by atoms with E-state index < -0.39 is 5.91 Å². The van der Waals surface area contributed by atoms with Crippen molar-refractivity contribution in [3.8, 4) is 5.75 Å². The van der Waals surface area contributed by atoms with Crippen LogP contribution in [-0.2, 0) is 6.54 Å². The molecule has 2 N–H and O–H groups in total. The van der Waals surface area contributed by atoms with Crippen molar-refractivity contribution in [1.29, 1.82) is 0 Å². The largest absolute Gasteiger partial charge is 0.488 e. The summed E-state index contributed by atoms with van der Waals surface area (Å²) in [6, 6.07) is 7.52. The Morgan fingerprint density at radius 2 is 2.29 bits per heavy atom. The summed E-state index contributed by atoms with van der Waals surface area (Å²) in [7, 11) is 0. The monoisotopic (exact) mass is 367 g/mol. The molecule has 1 fully saturated rings. The number of amides is 1. The van der Waals surface area contributed by atoms with Crippen molar-refractivity contribution in [3.63, 3.8) is 0 Å². The second-order valence-corrected chi connectivity index (χ2v) is 7.43. The Bertz CT molecular complexity index is 655. The second kappa shape index (κ2) is 6.13. The summed E-state index contributed by atoms with van der Waals surface area (Å²) in [4.78, 5) is 18.6. The average molecular weight is 368 g/mol. The Morgan fingerprint density at radius 3 is 2.95 bits per heavy atom. The van der Waals surface area contributed by atoms with Crippen molar-refractivity contribution in [1.82, 2.24) is 9.88 Å². The standard InChI is InChI=1S/C14H14BrN3O2S/c15-13-2-1-11(21-13)8-18-6-10(7-18)20-9-3-4-17-12(5-9)14(16)19/h1-5,10H,6-8H2,(H2,16,19). The lowest BCUT2D eigenvalue weighted by atomic mass is 10.1. The maximum absolute atomic E-state index is 11.1. The van der Waals surface area contributed by atoms with E-state index >= 15 is 0 Å². The number of rotatable bonds is 5. The lowest BCUT2D eigenvalue weighted by molar-refractivity contribution is 0.0151. The molecule has 0 spiro atoms. The number of hydrogen-bond donors (Lipinski definition) is 1. The Balaban J connectivity index is 1.50. The van der Waals surface area contributed by atoms with Gasteiger partial charge in [-0.05, 0) is 34.1 Å². The van der Waals surface area contributed by atoms with Gasteiger partial charge in [0.15, 0.2) is 0 Å². The zero-order valence-corrected chi connectivity index (χ0v) is 13.6. The van der Waals surface area contributed by atoms with Crippen molar-refractivity contribution in [2.45, 2.75) is 12.6 Å². The minimum atomic E-state index is -0.543. The number of hydrogen-bond acceptors (Lipinski definition) is 5. The van der Waals surface area contributed by atoms with Crippen LogP contribution in [0, 0.1) is 0 Å². The van der Waals surface area contributed by atoms with Gasteiger partial charge in [0.05, 0.1) is 3.79 Å². The number of carbonyl (C=O) groups excluding carboxylic acids is 1. The first-order chi connectivity index (χ1) is 10.1. The number of ether oxygens (including phenoxy) is 1. The molecule has 2 aromatic heterocycles. The first kappa shape index (κ1) is 14.5. The molecule has 3 rings (SSSR count). The van der Waals surface area contributed by atoms with Gasteiger partial charge in [0.2, 0.25) is 0 Å². The van der Waals surface area contributed by atoms with E-state index in [1.165, 1.54) is 11.1 Å². The molecule has 2 aromatic rings. The van der Waals surface area contributed by atoms with Crippen molar-refractivity contribution in [2.75, 3.05) is 13.1 Å². The van der Waals surface area contributed by atoms with Gasteiger partial charge in [-0.25, -0.2) is 0 Å². The summed E-state index contributed by atoms with van der Waals surface area (Å²) in [5.74, 6) is 0.0984. The molecular formula is C14H14BrN3O2S. The highest BCUT2D eigenvalue weighted by atomic mass is 79.9. The van der Waals surface area contributed by atoms with Crippen LogP contribution in [0.25, 0.3) is 0 Å². The van der Waals surface area contributed by atoms with E-state index in [9.17, 15) is 4.79 Å². The van der Waals surface area contributed by atoms with Crippen LogP contribution >= 0.6 is 27.3 Å². The third-order valence-corrected chi connectivity index (χ3v) is 4.83. The van der Waals surface area contributed by atoms with E-state index in [2.05, 4.69) is 37.9 Å². The SMILES string of the molecule is NC(=O)c1cc(OC2CN(Cc3ccc(Br)s3)C2)ccn1. The van der Waals surface area contributed by atoms with E-state index in [1.54, 1.807) is 23.5 Å². The predicted molar refractivity (Wildman–Crippen MR) is 84.5 cm³/mol. The highest BCUT2D eigenvalue weighted by Crippen LogP contribution is 2.26. The summed E-state index contributed by atoms with van der Waals surface area (Å²) in [5, 5.41) is 0. The number of primary amides is 1. The van der Waals surface area contributed by atoms with Crippen molar-refractivity contribution >= 4 is 33.2 Å². The number of likely N-dealkylation sites (tertiary alicyclic amines) is 1. The smallest absolute Gasteiger partial charge is 0.267 e. The van der Waals surface area contributed by atoms with Crippen LogP contribution < -0.4 is 10.5 Å².